The number of anilines is 1. The van der Waals surface area contributed by atoms with Gasteiger partial charge in [0.1, 0.15) is 5.01 Å². The summed E-state index contributed by atoms with van der Waals surface area (Å²) in [4.78, 5) is 14.2. The fourth-order valence-corrected chi connectivity index (χ4v) is 3.58. The van der Waals surface area contributed by atoms with Crippen LogP contribution >= 0.6 is 11.3 Å². The zero-order chi connectivity index (χ0) is 13.9. The van der Waals surface area contributed by atoms with Gasteiger partial charge in [-0.25, -0.2) is 0 Å². The van der Waals surface area contributed by atoms with Crippen LogP contribution in [0.4, 0.5) is 5.13 Å². The molecule has 20 heavy (non-hydrogen) atoms. The Kier molecular flexibility index (Phi) is 4.19. The van der Waals surface area contributed by atoms with E-state index in [-0.39, 0.29) is 5.91 Å². The second-order valence-corrected chi connectivity index (χ2v) is 7.09. The molecule has 2 aliphatic rings. The molecule has 0 bridgehead atoms. The molecule has 1 aromatic rings. The van der Waals surface area contributed by atoms with E-state index >= 15 is 0 Å². The summed E-state index contributed by atoms with van der Waals surface area (Å²) in [5, 5.41) is 13.4. The maximum atomic E-state index is 11.9. The predicted molar refractivity (Wildman–Crippen MR) is 80.0 cm³/mol. The number of hydrogen-bond acceptors (Lipinski definition) is 5. The fraction of sp³-hybridized carbons (Fsp3) is 0.786. The lowest BCUT2D eigenvalue weighted by Crippen LogP contribution is -2.41. The lowest BCUT2D eigenvalue weighted by atomic mass is 9.91. The second kappa shape index (κ2) is 6.08. The molecule has 6 heteroatoms. The molecule has 0 unspecified atom stereocenters. The molecule has 2 heterocycles. The van der Waals surface area contributed by atoms with Crippen LogP contribution in [0.3, 0.4) is 0 Å². The molecule has 1 saturated carbocycles. The van der Waals surface area contributed by atoms with Gasteiger partial charge in [-0.15, -0.1) is 10.2 Å². The Balaban J connectivity index is 1.42. The number of aromatic nitrogens is 2. The highest BCUT2D eigenvalue weighted by Crippen LogP contribution is 2.27. The first kappa shape index (κ1) is 13.8. The van der Waals surface area contributed by atoms with Crippen molar-refractivity contribution < 1.29 is 4.79 Å². The Bertz CT molecular complexity index is 463. The Labute approximate surface area is 123 Å². The van der Waals surface area contributed by atoms with Crippen LogP contribution in [0.25, 0.3) is 0 Å². The highest BCUT2D eigenvalue weighted by Gasteiger charge is 2.25. The van der Waals surface area contributed by atoms with Gasteiger partial charge in [0.15, 0.2) is 0 Å². The van der Waals surface area contributed by atoms with Gasteiger partial charge in [-0.1, -0.05) is 11.3 Å². The quantitative estimate of drug-likeness (QED) is 0.924. The van der Waals surface area contributed by atoms with Crippen LogP contribution in [0, 0.1) is 12.8 Å². The minimum atomic E-state index is 0.250. The van der Waals surface area contributed by atoms with Crippen molar-refractivity contribution in [2.24, 2.45) is 5.92 Å². The molecular formula is C14H22N4OS. The highest BCUT2D eigenvalue weighted by molar-refractivity contribution is 7.15. The Morgan fingerprint density at radius 1 is 1.30 bits per heavy atom. The van der Waals surface area contributed by atoms with Crippen LogP contribution in [0.5, 0.6) is 0 Å². The summed E-state index contributed by atoms with van der Waals surface area (Å²) in [6.45, 7) is 3.98. The summed E-state index contributed by atoms with van der Waals surface area (Å²) in [5.74, 6) is 0.778. The Morgan fingerprint density at radius 2 is 2.05 bits per heavy atom. The number of hydrogen-bond donors (Lipinski definition) is 1. The van der Waals surface area contributed by atoms with Gasteiger partial charge in [-0.3, -0.25) is 4.79 Å². The fourth-order valence-electron chi connectivity index (χ4n) is 2.84. The zero-order valence-corrected chi connectivity index (χ0v) is 12.8. The molecule has 1 amide bonds. The monoisotopic (exact) mass is 294 g/mol. The molecule has 3 rings (SSSR count). The summed E-state index contributed by atoms with van der Waals surface area (Å²) in [6, 6.07) is 0.465. The van der Waals surface area contributed by atoms with E-state index in [0.717, 1.165) is 36.1 Å². The number of carbonyl (C=O) groups is 1. The third-order valence-corrected chi connectivity index (χ3v) is 5.24. The first-order valence-corrected chi connectivity index (χ1v) is 8.37. The smallest absolute Gasteiger partial charge is 0.220 e. The SMILES string of the molecule is Cc1nnc(N2CCC(CC(=O)NC3CCC3)CC2)s1. The summed E-state index contributed by atoms with van der Waals surface area (Å²) >= 11 is 1.65. The van der Waals surface area contributed by atoms with Gasteiger partial charge < -0.3 is 10.2 Å². The summed E-state index contributed by atoms with van der Waals surface area (Å²) in [6.07, 6.45) is 6.46. The minimum Gasteiger partial charge on any atom is -0.353 e. The van der Waals surface area contributed by atoms with E-state index in [1.54, 1.807) is 11.3 Å². The van der Waals surface area contributed by atoms with Crippen molar-refractivity contribution in [3.63, 3.8) is 0 Å². The molecule has 0 spiro atoms. The number of rotatable bonds is 4. The average molecular weight is 294 g/mol. The maximum Gasteiger partial charge on any atom is 0.220 e. The molecule has 1 aromatic heterocycles. The van der Waals surface area contributed by atoms with E-state index in [9.17, 15) is 4.79 Å². The van der Waals surface area contributed by atoms with E-state index in [1.807, 2.05) is 6.92 Å². The van der Waals surface area contributed by atoms with E-state index in [0.29, 0.717) is 18.4 Å². The van der Waals surface area contributed by atoms with Gasteiger partial charge in [-0.2, -0.15) is 0 Å². The highest BCUT2D eigenvalue weighted by atomic mass is 32.1. The van der Waals surface area contributed by atoms with Crippen molar-refractivity contribution in [1.82, 2.24) is 15.5 Å². The molecular weight excluding hydrogens is 272 g/mol. The normalized spacial score (nSPS) is 20.8. The lowest BCUT2D eigenvalue weighted by molar-refractivity contribution is -0.123. The number of nitrogens with zero attached hydrogens (tertiary/aromatic N) is 3. The minimum absolute atomic E-state index is 0.250. The number of piperidine rings is 1. The van der Waals surface area contributed by atoms with E-state index < -0.39 is 0 Å². The van der Waals surface area contributed by atoms with Crippen molar-refractivity contribution >= 4 is 22.4 Å². The van der Waals surface area contributed by atoms with Crippen LogP contribution < -0.4 is 10.2 Å². The Morgan fingerprint density at radius 3 is 2.60 bits per heavy atom. The molecule has 5 nitrogen and oxygen atoms in total. The predicted octanol–water partition coefficient (Wildman–Crippen LogP) is 2.12. The first-order chi connectivity index (χ1) is 9.70. The zero-order valence-electron chi connectivity index (χ0n) is 12.0. The van der Waals surface area contributed by atoms with Crippen LogP contribution in [0.1, 0.15) is 43.5 Å². The molecule has 0 atom stereocenters. The van der Waals surface area contributed by atoms with E-state index in [2.05, 4.69) is 20.4 Å². The van der Waals surface area contributed by atoms with Crippen molar-refractivity contribution in [1.29, 1.82) is 0 Å². The number of amides is 1. The largest absolute Gasteiger partial charge is 0.353 e. The van der Waals surface area contributed by atoms with Gasteiger partial charge >= 0.3 is 0 Å². The molecule has 0 radical (unpaired) electrons. The van der Waals surface area contributed by atoms with Crippen molar-refractivity contribution in [2.45, 2.75) is 51.5 Å². The van der Waals surface area contributed by atoms with E-state index in [1.165, 1.54) is 19.3 Å². The Hall–Kier alpha value is -1.17. The van der Waals surface area contributed by atoms with Crippen molar-refractivity contribution in [3.8, 4) is 0 Å². The van der Waals surface area contributed by atoms with Crippen molar-refractivity contribution in [2.75, 3.05) is 18.0 Å². The third-order valence-electron chi connectivity index (χ3n) is 4.34. The second-order valence-electron chi connectivity index (χ2n) is 5.93. The van der Waals surface area contributed by atoms with Gasteiger partial charge in [0.05, 0.1) is 0 Å². The molecule has 110 valence electrons. The average Bonchev–Trinajstić information content (AvgIpc) is 2.82. The molecule has 1 N–H and O–H groups in total. The molecule has 0 aromatic carbocycles. The number of carbonyl (C=O) groups excluding carboxylic acids is 1. The van der Waals surface area contributed by atoms with Gasteiger partial charge in [-0.05, 0) is 44.9 Å². The van der Waals surface area contributed by atoms with Gasteiger partial charge in [0.25, 0.3) is 0 Å². The van der Waals surface area contributed by atoms with Crippen LogP contribution in [0.2, 0.25) is 0 Å². The number of aryl methyl sites for hydroxylation is 1. The summed E-state index contributed by atoms with van der Waals surface area (Å²) in [5.41, 5.74) is 0. The summed E-state index contributed by atoms with van der Waals surface area (Å²) < 4.78 is 0. The van der Waals surface area contributed by atoms with Crippen molar-refractivity contribution in [3.05, 3.63) is 5.01 Å². The van der Waals surface area contributed by atoms with Crippen LogP contribution in [0.15, 0.2) is 0 Å². The number of nitrogens with one attached hydrogen (secondary N) is 1. The topological polar surface area (TPSA) is 58.1 Å². The molecule has 1 aliphatic heterocycles. The summed E-state index contributed by atoms with van der Waals surface area (Å²) in [7, 11) is 0. The van der Waals surface area contributed by atoms with Crippen LogP contribution in [-0.2, 0) is 4.79 Å². The maximum absolute atomic E-state index is 11.9. The first-order valence-electron chi connectivity index (χ1n) is 7.55. The molecule has 1 aliphatic carbocycles. The van der Waals surface area contributed by atoms with Crippen LogP contribution in [-0.4, -0.2) is 35.2 Å². The molecule has 2 fully saturated rings. The standard InChI is InChI=1S/C14H22N4OS/c1-10-16-17-14(20-10)18-7-5-11(6-8-18)9-13(19)15-12-3-2-4-12/h11-12H,2-9H2,1H3,(H,15,19). The molecule has 1 saturated heterocycles. The van der Waals surface area contributed by atoms with Gasteiger partial charge in [0, 0.05) is 25.6 Å². The van der Waals surface area contributed by atoms with E-state index in [4.69, 9.17) is 0 Å². The third kappa shape index (κ3) is 3.29. The lowest BCUT2D eigenvalue weighted by Gasteiger charge is -2.32. The van der Waals surface area contributed by atoms with Gasteiger partial charge in [0.2, 0.25) is 11.0 Å².